The van der Waals surface area contributed by atoms with E-state index in [1.165, 1.54) is 0 Å². The van der Waals surface area contributed by atoms with E-state index in [0.29, 0.717) is 32.4 Å². The van der Waals surface area contributed by atoms with E-state index in [4.69, 9.17) is 39.5 Å². The van der Waals surface area contributed by atoms with Crippen molar-refractivity contribution in [3.8, 4) is 11.1 Å². The summed E-state index contributed by atoms with van der Waals surface area (Å²) in [5.74, 6) is -0.370. The van der Waals surface area contributed by atoms with Crippen molar-refractivity contribution in [2.24, 2.45) is 0 Å². The first kappa shape index (κ1) is 18.0. The van der Waals surface area contributed by atoms with E-state index in [1.54, 1.807) is 31.2 Å². The van der Waals surface area contributed by atoms with Crippen molar-refractivity contribution in [3.05, 3.63) is 63.8 Å². The van der Waals surface area contributed by atoms with Crippen LogP contribution in [0.2, 0.25) is 10.0 Å². The summed E-state index contributed by atoms with van der Waals surface area (Å²) in [5.41, 5.74) is 3.04. The molecule has 0 amide bonds. The minimum atomic E-state index is -0.461. The lowest BCUT2D eigenvalue weighted by atomic mass is 9.94. The van der Waals surface area contributed by atoms with Crippen molar-refractivity contribution >= 4 is 51.7 Å². The Bertz CT molecular complexity index is 940. The zero-order valence-corrected chi connectivity index (χ0v) is 15.6. The summed E-state index contributed by atoms with van der Waals surface area (Å²) in [5, 5.41) is 1.92. The summed E-state index contributed by atoms with van der Waals surface area (Å²) >= 11 is 18.3. The fourth-order valence-electron chi connectivity index (χ4n) is 2.72. The second-order valence-corrected chi connectivity index (χ2v) is 6.47. The number of pyridine rings is 1. The van der Waals surface area contributed by atoms with Gasteiger partial charge in [0.15, 0.2) is 0 Å². The first-order valence-corrected chi connectivity index (χ1v) is 8.95. The maximum absolute atomic E-state index is 12.6. The zero-order chi connectivity index (χ0) is 18.0. The molecule has 2 aromatic carbocycles. The van der Waals surface area contributed by atoms with Gasteiger partial charge in [-0.1, -0.05) is 35.3 Å². The number of hydrogen-bond donors (Lipinski definition) is 0. The Balaban J connectivity index is 2.42. The Hall–Kier alpha value is -1.81. The molecule has 6 heteroatoms. The van der Waals surface area contributed by atoms with Gasteiger partial charge in [-0.3, -0.25) is 4.98 Å². The number of fused-ring (bicyclic) bond motifs is 1. The van der Waals surface area contributed by atoms with Crippen LogP contribution in [0.5, 0.6) is 0 Å². The van der Waals surface area contributed by atoms with Crippen molar-refractivity contribution in [2.75, 3.05) is 6.61 Å². The summed E-state index contributed by atoms with van der Waals surface area (Å²) in [6, 6.07) is 12.6. The third-order valence-corrected chi connectivity index (χ3v) is 4.50. The standard InChI is InChI=1S/C19H14Cl3NO2/c1-2-25-19(24)18-16(10-20)23-15-8-7-13(22)9-14(15)17(18)11-3-5-12(21)6-4-11/h3-9H,2,10H2,1H3. The highest BCUT2D eigenvalue weighted by atomic mass is 35.5. The molecule has 1 aromatic heterocycles. The summed E-state index contributed by atoms with van der Waals surface area (Å²) in [6.07, 6.45) is 0. The Morgan fingerprint density at radius 2 is 1.76 bits per heavy atom. The van der Waals surface area contributed by atoms with Crippen LogP contribution < -0.4 is 0 Å². The number of benzene rings is 2. The minimum absolute atomic E-state index is 0.0906. The smallest absolute Gasteiger partial charge is 0.340 e. The van der Waals surface area contributed by atoms with Gasteiger partial charge in [-0.25, -0.2) is 4.79 Å². The molecule has 0 radical (unpaired) electrons. The average molecular weight is 395 g/mol. The quantitative estimate of drug-likeness (QED) is 0.395. The van der Waals surface area contributed by atoms with Gasteiger partial charge >= 0.3 is 5.97 Å². The number of hydrogen-bond acceptors (Lipinski definition) is 3. The van der Waals surface area contributed by atoms with E-state index in [-0.39, 0.29) is 12.5 Å². The van der Waals surface area contributed by atoms with Gasteiger partial charge in [-0.15, -0.1) is 11.6 Å². The average Bonchev–Trinajstić information content (AvgIpc) is 2.61. The van der Waals surface area contributed by atoms with Crippen LogP contribution in [-0.2, 0) is 10.6 Å². The molecule has 0 aliphatic heterocycles. The fourth-order valence-corrected chi connectivity index (χ4v) is 3.21. The van der Waals surface area contributed by atoms with Crippen LogP contribution in [0, 0.1) is 0 Å². The molecule has 0 saturated heterocycles. The van der Waals surface area contributed by atoms with Crippen LogP contribution >= 0.6 is 34.8 Å². The van der Waals surface area contributed by atoms with E-state index >= 15 is 0 Å². The van der Waals surface area contributed by atoms with Gasteiger partial charge in [0.2, 0.25) is 0 Å². The van der Waals surface area contributed by atoms with E-state index in [9.17, 15) is 4.79 Å². The van der Waals surface area contributed by atoms with Gasteiger partial charge in [-0.05, 0) is 42.8 Å². The van der Waals surface area contributed by atoms with Crippen LogP contribution in [0.3, 0.4) is 0 Å². The molecule has 0 unspecified atom stereocenters. The maximum atomic E-state index is 12.6. The van der Waals surface area contributed by atoms with Crippen molar-refractivity contribution < 1.29 is 9.53 Å². The van der Waals surface area contributed by atoms with Crippen LogP contribution in [-0.4, -0.2) is 17.6 Å². The number of esters is 1. The predicted octanol–water partition coefficient (Wildman–Crippen LogP) is 6.12. The van der Waals surface area contributed by atoms with Gasteiger partial charge in [0, 0.05) is 21.0 Å². The minimum Gasteiger partial charge on any atom is -0.462 e. The van der Waals surface area contributed by atoms with Crippen LogP contribution in [0.15, 0.2) is 42.5 Å². The molecule has 0 spiro atoms. The molecule has 25 heavy (non-hydrogen) atoms. The van der Waals surface area contributed by atoms with E-state index in [0.717, 1.165) is 10.9 Å². The van der Waals surface area contributed by atoms with Gasteiger partial charge in [0.25, 0.3) is 0 Å². The number of aromatic nitrogens is 1. The molecule has 0 bridgehead atoms. The molecule has 128 valence electrons. The molecule has 0 fully saturated rings. The Kier molecular flexibility index (Phi) is 5.48. The molecule has 1 heterocycles. The molecule has 0 aliphatic carbocycles. The number of carbonyl (C=O) groups is 1. The molecular weight excluding hydrogens is 381 g/mol. The van der Waals surface area contributed by atoms with Gasteiger partial charge in [0.05, 0.1) is 29.3 Å². The molecule has 0 saturated carbocycles. The van der Waals surface area contributed by atoms with Crippen LogP contribution in [0.25, 0.3) is 22.0 Å². The highest BCUT2D eigenvalue weighted by Crippen LogP contribution is 2.36. The second-order valence-electron chi connectivity index (χ2n) is 5.33. The number of alkyl halides is 1. The predicted molar refractivity (Wildman–Crippen MR) is 103 cm³/mol. The number of carbonyl (C=O) groups excluding carboxylic acids is 1. The number of ether oxygens (including phenoxy) is 1. The third-order valence-electron chi connectivity index (χ3n) is 3.76. The fraction of sp³-hybridized carbons (Fsp3) is 0.158. The molecule has 3 rings (SSSR count). The lowest BCUT2D eigenvalue weighted by Gasteiger charge is -2.16. The van der Waals surface area contributed by atoms with E-state index in [1.807, 2.05) is 18.2 Å². The van der Waals surface area contributed by atoms with Crippen molar-refractivity contribution in [1.82, 2.24) is 4.98 Å². The van der Waals surface area contributed by atoms with Gasteiger partial charge < -0.3 is 4.74 Å². The molecule has 0 aliphatic rings. The summed E-state index contributed by atoms with van der Waals surface area (Å²) in [4.78, 5) is 17.2. The Morgan fingerprint density at radius 1 is 1.08 bits per heavy atom. The highest BCUT2D eigenvalue weighted by Gasteiger charge is 2.23. The summed E-state index contributed by atoms with van der Waals surface area (Å²) in [6.45, 7) is 2.01. The molecular formula is C19H14Cl3NO2. The largest absolute Gasteiger partial charge is 0.462 e. The van der Waals surface area contributed by atoms with E-state index < -0.39 is 5.97 Å². The van der Waals surface area contributed by atoms with Gasteiger partial charge in [0.1, 0.15) is 0 Å². The van der Waals surface area contributed by atoms with Crippen molar-refractivity contribution in [1.29, 1.82) is 0 Å². The van der Waals surface area contributed by atoms with Crippen LogP contribution in [0.1, 0.15) is 23.0 Å². The lowest BCUT2D eigenvalue weighted by molar-refractivity contribution is 0.0526. The third kappa shape index (κ3) is 3.59. The number of rotatable bonds is 4. The Morgan fingerprint density at radius 3 is 2.40 bits per heavy atom. The maximum Gasteiger partial charge on any atom is 0.340 e. The summed E-state index contributed by atoms with van der Waals surface area (Å²) < 4.78 is 5.24. The summed E-state index contributed by atoms with van der Waals surface area (Å²) in [7, 11) is 0. The molecule has 0 N–H and O–H groups in total. The van der Waals surface area contributed by atoms with Crippen molar-refractivity contribution in [3.63, 3.8) is 0 Å². The van der Waals surface area contributed by atoms with Crippen molar-refractivity contribution in [2.45, 2.75) is 12.8 Å². The first-order valence-electron chi connectivity index (χ1n) is 7.66. The monoisotopic (exact) mass is 393 g/mol. The second kappa shape index (κ2) is 7.61. The number of halogens is 3. The first-order chi connectivity index (χ1) is 12.0. The van der Waals surface area contributed by atoms with E-state index in [2.05, 4.69) is 4.98 Å². The van der Waals surface area contributed by atoms with Gasteiger partial charge in [-0.2, -0.15) is 0 Å². The Labute approximate surface area is 160 Å². The number of nitrogens with zero attached hydrogens (tertiary/aromatic N) is 1. The topological polar surface area (TPSA) is 39.2 Å². The lowest BCUT2D eigenvalue weighted by Crippen LogP contribution is -2.12. The molecule has 0 atom stereocenters. The van der Waals surface area contributed by atoms with Crippen LogP contribution in [0.4, 0.5) is 0 Å². The zero-order valence-electron chi connectivity index (χ0n) is 13.4. The molecule has 3 nitrogen and oxygen atoms in total. The normalized spacial score (nSPS) is 10.9. The highest BCUT2D eigenvalue weighted by molar-refractivity contribution is 6.32. The molecule has 3 aromatic rings. The SMILES string of the molecule is CCOC(=O)c1c(CCl)nc2ccc(Cl)cc2c1-c1ccc(Cl)cc1.